The Kier molecular flexibility index (Phi) is 5.54. The van der Waals surface area contributed by atoms with Crippen LogP contribution >= 0.6 is 0 Å². The van der Waals surface area contributed by atoms with Gasteiger partial charge in [-0.3, -0.25) is 4.79 Å². The molecule has 0 N–H and O–H groups in total. The van der Waals surface area contributed by atoms with Crippen LogP contribution in [-0.2, 0) is 0 Å². The minimum Gasteiger partial charge on any atom is -0.338 e. The number of hydrogen-bond acceptors (Lipinski definition) is 2. The van der Waals surface area contributed by atoms with Crippen LogP contribution in [0.15, 0.2) is 48.5 Å². The van der Waals surface area contributed by atoms with Crippen molar-refractivity contribution in [2.45, 2.75) is 33.1 Å². The Morgan fingerprint density at radius 3 is 2.14 bits per heavy atom. The van der Waals surface area contributed by atoms with Crippen LogP contribution in [-0.4, -0.2) is 48.4 Å². The second-order valence-electron chi connectivity index (χ2n) is 8.86. The number of aryl methyl sites for hydroxylation is 2. The lowest BCUT2D eigenvalue weighted by atomic mass is 9.98. The standard InChI is InChI=1S/C25H32N2O/c1-18(21-10-5-4-6-11-21)12-13-26-14-22-16-27(17-23(22)15-26)25(28)24-19(2)8-7-9-20(24)3/h4-11,18,22-23H,12-17H2,1-3H3. The molecular weight excluding hydrogens is 344 g/mol. The quantitative estimate of drug-likeness (QED) is 0.767. The van der Waals surface area contributed by atoms with E-state index in [1.54, 1.807) is 0 Å². The summed E-state index contributed by atoms with van der Waals surface area (Å²) >= 11 is 0. The molecule has 2 saturated heterocycles. The average Bonchev–Trinajstić information content (AvgIpc) is 3.25. The zero-order chi connectivity index (χ0) is 19.7. The van der Waals surface area contributed by atoms with Gasteiger partial charge in [-0.05, 0) is 61.3 Å². The molecule has 0 saturated carbocycles. The van der Waals surface area contributed by atoms with Crippen LogP contribution in [0.25, 0.3) is 0 Å². The molecule has 2 aromatic rings. The van der Waals surface area contributed by atoms with Gasteiger partial charge in [0.25, 0.3) is 5.91 Å². The van der Waals surface area contributed by atoms with Gasteiger partial charge in [0.2, 0.25) is 0 Å². The Labute approximate surface area is 169 Å². The fraction of sp³-hybridized carbons (Fsp3) is 0.480. The summed E-state index contributed by atoms with van der Waals surface area (Å²) in [6.07, 6.45) is 1.20. The topological polar surface area (TPSA) is 23.6 Å². The highest BCUT2D eigenvalue weighted by Gasteiger charge is 2.41. The first kappa shape index (κ1) is 19.2. The van der Waals surface area contributed by atoms with Crippen molar-refractivity contribution in [3.63, 3.8) is 0 Å². The summed E-state index contributed by atoms with van der Waals surface area (Å²) in [7, 11) is 0. The zero-order valence-corrected chi connectivity index (χ0v) is 17.4. The first-order chi connectivity index (χ1) is 13.5. The molecule has 148 valence electrons. The smallest absolute Gasteiger partial charge is 0.254 e. The number of amides is 1. The molecule has 0 spiro atoms. The predicted molar refractivity (Wildman–Crippen MR) is 115 cm³/mol. The summed E-state index contributed by atoms with van der Waals surface area (Å²) in [5.74, 6) is 2.11. The molecule has 2 aromatic carbocycles. The highest BCUT2D eigenvalue weighted by atomic mass is 16.2. The van der Waals surface area contributed by atoms with E-state index in [0.29, 0.717) is 17.8 Å². The van der Waals surface area contributed by atoms with Gasteiger partial charge in [0.1, 0.15) is 0 Å². The molecule has 3 unspecified atom stereocenters. The van der Waals surface area contributed by atoms with E-state index >= 15 is 0 Å². The largest absolute Gasteiger partial charge is 0.338 e. The van der Waals surface area contributed by atoms with Crippen LogP contribution in [0.5, 0.6) is 0 Å². The Bertz CT molecular complexity index is 797. The maximum Gasteiger partial charge on any atom is 0.254 e. The van der Waals surface area contributed by atoms with Crippen molar-refractivity contribution in [2.24, 2.45) is 11.8 Å². The highest BCUT2D eigenvalue weighted by molar-refractivity contribution is 5.97. The molecule has 28 heavy (non-hydrogen) atoms. The minimum atomic E-state index is 0.231. The van der Waals surface area contributed by atoms with E-state index in [1.165, 1.54) is 12.0 Å². The molecule has 3 heteroatoms. The minimum absolute atomic E-state index is 0.231. The first-order valence-corrected chi connectivity index (χ1v) is 10.7. The summed E-state index contributed by atoms with van der Waals surface area (Å²) < 4.78 is 0. The zero-order valence-electron chi connectivity index (χ0n) is 17.4. The molecule has 0 aromatic heterocycles. The molecule has 2 aliphatic heterocycles. The number of fused-ring (bicyclic) bond motifs is 1. The van der Waals surface area contributed by atoms with E-state index in [-0.39, 0.29) is 5.91 Å². The fourth-order valence-electron chi connectivity index (χ4n) is 5.07. The highest BCUT2D eigenvalue weighted by Crippen LogP contribution is 2.33. The number of carbonyl (C=O) groups excluding carboxylic acids is 1. The van der Waals surface area contributed by atoms with Crippen molar-refractivity contribution in [2.75, 3.05) is 32.7 Å². The number of nitrogens with zero attached hydrogens (tertiary/aromatic N) is 2. The van der Waals surface area contributed by atoms with Gasteiger partial charge in [0.05, 0.1) is 0 Å². The molecular formula is C25H32N2O. The van der Waals surface area contributed by atoms with Crippen LogP contribution in [0.4, 0.5) is 0 Å². The SMILES string of the molecule is Cc1cccc(C)c1C(=O)N1CC2CN(CCC(C)c3ccccc3)CC2C1. The molecule has 0 aliphatic carbocycles. The maximum absolute atomic E-state index is 13.1. The van der Waals surface area contributed by atoms with Crippen molar-refractivity contribution in [3.05, 3.63) is 70.8 Å². The van der Waals surface area contributed by atoms with Gasteiger partial charge >= 0.3 is 0 Å². The van der Waals surface area contributed by atoms with Crippen molar-refractivity contribution < 1.29 is 4.79 Å². The van der Waals surface area contributed by atoms with Crippen LogP contribution in [0.3, 0.4) is 0 Å². The Balaban J connectivity index is 1.31. The number of rotatable bonds is 5. The molecule has 2 aliphatic rings. The molecule has 0 bridgehead atoms. The van der Waals surface area contributed by atoms with Crippen molar-refractivity contribution in [1.82, 2.24) is 9.80 Å². The van der Waals surface area contributed by atoms with E-state index in [2.05, 4.69) is 47.1 Å². The maximum atomic E-state index is 13.1. The Morgan fingerprint density at radius 1 is 0.929 bits per heavy atom. The van der Waals surface area contributed by atoms with E-state index in [1.807, 2.05) is 32.0 Å². The lowest BCUT2D eigenvalue weighted by molar-refractivity contribution is 0.0772. The Morgan fingerprint density at radius 2 is 1.54 bits per heavy atom. The van der Waals surface area contributed by atoms with Gasteiger partial charge < -0.3 is 9.80 Å². The molecule has 2 fully saturated rings. The fourth-order valence-corrected chi connectivity index (χ4v) is 5.07. The van der Waals surface area contributed by atoms with E-state index in [4.69, 9.17) is 0 Å². The van der Waals surface area contributed by atoms with Gasteiger partial charge in [-0.15, -0.1) is 0 Å². The van der Waals surface area contributed by atoms with Crippen LogP contribution in [0, 0.1) is 25.7 Å². The third-order valence-corrected chi connectivity index (χ3v) is 6.79. The average molecular weight is 377 g/mol. The molecule has 1 amide bonds. The molecule has 3 atom stereocenters. The van der Waals surface area contributed by atoms with Crippen LogP contribution in [0.1, 0.15) is 46.3 Å². The van der Waals surface area contributed by atoms with Gasteiger partial charge in [-0.25, -0.2) is 0 Å². The summed E-state index contributed by atoms with van der Waals surface area (Å²) in [6.45, 7) is 11.7. The monoisotopic (exact) mass is 376 g/mol. The number of benzene rings is 2. The van der Waals surface area contributed by atoms with Crippen molar-refractivity contribution in [1.29, 1.82) is 0 Å². The number of likely N-dealkylation sites (tertiary alicyclic amines) is 2. The van der Waals surface area contributed by atoms with Gasteiger partial charge in [-0.2, -0.15) is 0 Å². The second kappa shape index (κ2) is 8.08. The van der Waals surface area contributed by atoms with Gasteiger partial charge in [-0.1, -0.05) is 55.5 Å². The first-order valence-electron chi connectivity index (χ1n) is 10.7. The van der Waals surface area contributed by atoms with Crippen LogP contribution < -0.4 is 0 Å². The summed E-state index contributed by atoms with van der Waals surface area (Å²) in [4.78, 5) is 17.8. The molecule has 2 heterocycles. The van der Waals surface area contributed by atoms with Crippen molar-refractivity contribution >= 4 is 5.91 Å². The summed E-state index contributed by atoms with van der Waals surface area (Å²) in [5, 5.41) is 0. The Hall–Kier alpha value is -2.13. The summed E-state index contributed by atoms with van der Waals surface area (Å²) in [6, 6.07) is 17.0. The summed E-state index contributed by atoms with van der Waals surface area (Å²) in [5.41, 5.74) is 4.54. The van der Waals surface area contributed by atoms with E-state index < -0.39 is 0 Å². The second-order valence-corrected chi connectivity index (χ2v) is 8.86. The number of hydrogen-bond donors (Lipinski definition) is 0. The van der Waals surface area contributed by atoms with Gasteiger partial charge in [0.15, 0.2) is 0 Å². The third-order valence-electron chi connectivity index (χ3n) is 6.79. The molecule has 3 nitrogen and oxygen atoms in total. The molecule has 4 rings (SSSR count). The predicted octanol–water partition coefficient (Wildman–Crippen LogP) is 4.50. The van der Waals surface area contributed by atoms with Crippen LogP contribution in [0.2, 0.25) is 0 Å². The third kappa shape index (κ3) is 3.86. The van der Waals surface area contributed by atoms with E-state index in [9.17, 15) is 4.79 Å². The van der Waals surface area contributed by atoms with Crippen molar-refractivity contribution in [3.8, 4) is 0 Å². The lowest BCUT2D eigenvalue weighted by Gasteiger charge is -2.24. The number of carbonyl (C=O) groups is 1. The normalized spacial score (nSPS) is 23.0. The molecule has 0 radical (unpaired) electrons. The lowest BCUT2D eigenvalue weighted by Crippen LogP contribution is -2.34. The van der Waals surface area contributed by atoms with E-state index in [0.717, 1.165) is 49.4 Å². The van der Waals surface area contributed by atoms with Gasteiger partial charge in [0, 0.05) is 31.7 Å².